The molecule has 1 rings (SSSR count). The maximum atomic E-state index is 11.2. The van der Waals surface area contributed by atoms with E-state index in [1.54, 1.807) is 25.3 Å². The Labute approximate surface area is 113 Å². The molecule has 0 aromatic heterocycles. The number of hydrogen-bond donors (Lipinski definition) is 0. The summed E-state index contributed by atoms with van der Waals surface area (Å²) in [6, 6.07) is 5.17. The van der Waals surface area contributed by atoms with Crippen molar-refractivity contribution in [3.8, 4) is 11.5 Å². The predicted molar refractivity (Wildman–Crippen MR) is 72.5 cm³/mol. The van der Waals surface area contributed by atoms with Crippen LogP contribution in [0.25, 0.3) is 0 Å². The number of ether oxygens (including phenoxy) is 2. The lowest BCUT2D eigenvalue weighted by molar-refractivity contribution is 0.310. The zero-order chi connectivity index (χ0) is 13.8. The third-order valence-corrected chi connectivity index (χ3v) is 3.83. The van der Waals surface area contributed by atoms with E-state index in [0.29, 0.717) is 23.7 Å². The van der Waals surface area contributed by atoms with Crippen molar-refractivity contribution in [2.75, 3.05) is 25.7 Å². The number of sulfone groups is 1. The first-order valence-corrected chi connectivity index (χ1v) is 7.99. The minimum atomic E-state index is -3.12. The van der Waals surface area contributed by atoms with E-state index in [9.17, 15) is 8.42 Å². The highest BCUT2D eigenvalue weighted by atomic mass is 35.5. The van der Waals surface area contributed by atoms with Crippen LogP contribution in [0.15, 0.2) is 18.2 Å². The summed E-state index contributed by atoms with van der Waals surface area (Å²) in [5, 5.41) is -0.592. The Morgan fingerprint density at radius 1 is 1.33 bits per heavy atom. The molecule has 1 aromatic carbocycles. The molecule has 0 saturated carbocycles. The highest BCUT2D eigenvalue weighted by Crippen LogP contribution is 2.32. The van der Waals surface area contributed by atoms with Crippen molar-refractivity contribution in [2.45, 2.75) is 12.3 Å². The molecule has 0 aliphatic carbocycles. The van der Waals surface area contributed by atoms with Gasteiger partial charge >= 0.3 is 0 Å². The summed E-state index contributed by atoms with van der Waals surface area (Å²) in [5.41, 5.74) is 0.700. The molecule has 18 heavy (non-hydrogen) atoms. The van der Waals surface area contributed by atoms with Crippen LogP contribution in [0.3, 0.4) is 0 Å². The molecule has 0 saturated heterocycles. The topological polar surface area (TPSA) is 52.6 Å². The van der Waals surface area contributed by atoms with Gasteiger partial charge in [0.05, 0.1) is 24.8 Å². The second-order valence-electron chi connectivity index (χ2n) is 3.90. The van der Waals surface area contributed by atoms with Crippen molar-refractivity contribution in [3.05, 3.63) is 23.8 Å². The molecule has 1 atom stereocenters. The zero-order valence-corrected chi connectivity index (χ0v) is 12.2. The molecule has 0 N–H and O–H groups in total. The molecule has 0 bridgehead atoms. The molecule has 0 amide bonds. The fourth-order valence-corrected chi connectivity index (χ4v) is 3.06. The lowest BCUT2D eigenvalue weighted by Crippen LogP contribution is -2.09. The molecule has 102 valence electrons. The summed E-state index contributed by atoms with van der Waals surface area (Å²) in [6.45, 7) is 2.36. The molecule has 0 heterocycles. The molecule has 0 radical (unpaired) electrons. The highest BCUT2D eigenvalue weighted by Gasteiger charge is 2.16. The Hall–Kier alpha value is -0.940. The van der Waals surface area contributed by atoms with E-state index in [2.05, 4.69) is 0 Å². The molecule has 0 aliphatic rings. The van der Waals surface area contributed by atoms with Crippen LogP contribution < -0.4 is 9.47 Å². The molecule has 4 nitrogen and oxygen atoms in total. The molecule has 6 heteroatoms. The highest BCUT2D eigenvalue weighted by molar-refractivity contribution is 7.90. The van der Waals surface area contributed by atoms with Gasteiger partial charge in [0.15, 0.2) is 11.5 Å². The Kier molecular flexibility index (Phi) is 5.28. The van der Waals surface area contributed by atoms with Crippen LogP contribution in [-0.4, -0.2) is 34.1 Å². The van der Waals surface area contributed by atoms with E-state index in [4.69, 9.17) is 21.1 Å². The normalized spacial score (nSPS) is 13.1. The summed E-state index contributed by atoms with van der Waals surface area (Å²) in [5.74, 6) is 1.06. The smallest absolute Gasteiger partial charge is 0.161 e. The number of methoxy groups -OCH3 is 1. The molecule has 0 fully saturated rings. The van der Waals surface area contributed by atoms with Crippen molar-refractivity contribution < 1.29 is 17.9 Å². The van der Waals surface area contributed by atoms with Crippen LogP contribution in [0, 0.1) is 0 Å². The quantitative estimate of drug-likeness (QED) is 0.756. The third-order valence-electron chi connectivity index (χ3n) is 2.30. The number of halogens is 1. The largest absolute Gasteiger partial charge is 0.493 e. The Morgan fingerprint density at radius 3 is 2.50 bits per heavy atom. The number of benzene rings is 1. The second-order valence-corrected chi connectivity index (χ2v) is 6.61. The maximum absolute atomic E-state index is 11.2. The van der Waals surface area contributed by atoms with Crippen molar-refractivity contribution in [2.24, 2.45) is 0 Å². The van der Waals surface area contributed by atoms with E-state index >= 15 is 0 Å². The number of rotatable bonds is 6. The summed E-state index contributed by atoms with van der Waals surface area (Å²) < 4.78 is 33.0. The van der Waals surface area contributed by atoms with Crippen LogP contribution in [0.1, 0.15) is 17.9 Å². The van der Waals surface area contributed by atoms with Gasteiger partial charge in [-0.1, -0.05) is 6.07 Å². The fourth-order valence-electron chi connectivity index (χ4n) is 1.52. The number of hydrogen-bond acceptors (Lipinski definition) is 4. The summed E-state index contributed by atoms with van der Waals surface area (Å²) in [7, 11) is -1.57. The molecule has 0 aliphatic heterocycles. The first kappa shape index (κ1) is 15.1. The van der Waals surface area contributed by atoms with Gasteiger partial charge in [-0.25, -0.2) is 8.42 Å². The van der Waals surface area contributed by atoms with Crippen LogP contribution in [-0.2, 0) is 9.84 Å². The first-order valence-electron chi connectivity index (χ1n) is 5.50. The summed E-state index contributed by atoms with van der Waals surface area (Å²) in [6.07, 6.45) is 1.16. The van der Waals surface area contributed by atoms with Crippen molar-refractivity contribution in [1.29, 1.82) is 0 Å². The Balaban J connectivity index is 3.00. The van der Waals surface area contributed by atoms with Crippen LogP contribution >= 0.6 is 11.6 Å². The molecule has 0 spiro atoms. The molecular weight excluding hydrogens is 276 g/mol. The fraction of sp³-hybridized carbons (Fsp3) is 0.500. The van der Waals surface area contributed by atoms with E-state index in [1.165, 1.54) is 0 Å². The van der Waals surface area contributed by atoms with E-state index in [1.807, 2.05) is 6.92 Å². The van der Waals surface area contributed by atoms with Gasteiger partial charge < -0.3 is 9.47 Å². The van der Waals surface area contributed by atoms with Gasteiger partial charge in [-0.15, -0.1) is 11.6 Å². The van der Waals surface area contributed by atoms with Crippen molar-refractivity contribution in [1.82, 2.24) is 0 Å². The molecular formula is C12H17ClO4S. The van der Waals surface area contributed by atoms with Gasteiger partial charge in [0.2, 0.25) is 0 Å². The van der Waals surface area contributed by atoms with Crippen LogP contribution in [0.4, 0.5) is 0 Å². The van der Waals surface area contributed by atoms with E-state index in [-0.39, 0.29) is 5.75 Å². The van der Waals surface area contributed by atoms with Crippen molar-refractivity contribution in [3.63, 3.8) is 0 Å². The number of alkyl halides is 1. The van der Waals surface area contributed by atoms with Gasteiger partial charge in [-0.05, 0) is 24.6 Å². The van der Waals surface area contributed by atoms with Crippen LogP contribution in [0.2, 0.25) is 0 Å². The van der Waals surface area contributed by atoms with Gasteiger partial charge in [-0.3, -0.25) is 0 Å². The zero-order valence-electron chi connectivity index (χ0n) is 10.6. The average Bonchev–Trinajstić information content (AvgIpc) is 2.27. The minimum absolute atomic E-state index is 0.105. The first-order chi connectivity index (χ1) is 8.37. The van der Waals surface area contributed by atoms with Crippen molar-refractivity contribution >= 4 is 21.4 Å². The monoisotopic (exact) mass is 292 g/mol. The Bertz CT molecular complexity index is 499. The van der Waals surface area contributed by atoms with Gasteiger partial charge in [0.25, 0.3) is 0 Å². The average molecular weight is 293 g/mol. The van der Waals surface area contributed by atoms with Gasteiger partial charge in [-0.2, -0.15) is 0 Å². The van der Waals surface area contributed by atoms with Gasteiger partial charge in [0, 0.05) is 6.26 Å². The predicted octanol–water partition coefficient (Wildman–Crippen LogP) is 2.42. The Morgan fingerprint density at radius 2 is 2.00 bits per heavy atom. The minimum Gasteiger partial charge on any atom is -0.493 e. The SMILES string of the molecule is CCOc1cc(C(Cl)CS(C)(=O)=O)ccc1OC. The van der Waals surface area contributed by atoms with Crippen LogP contribution in [0.5, 0.6) is 11.5 Å². The molecule has 1 aromatic rings. The standard InChI is InChI=1S/C12H17ClO4S/c1-4-17-12-7-9(5-6-11(12)16-2)10(13)8-18(3,14)15/h5-7,10H,4,8H2,1-3H3. The summed E-state index contributed by atoms with van der Waals surface area (Å²) in [4.78, 5) is 0. The summed E-state index contributed by atoms with van der Waals surface area (Å²) >= 11 is 6.08. The van der Waals surface area contributed by atoms with E-state index in [0.717, 1.165) is 6.26 Å². The third kappa shape index (κ3) is 4.38. The maximum Gasteiger partial charge on any atom is 0.161 e. The lowest BCUT2D eigenvalue weighted by Gasteiger charge is -2.13. The van der Waals surface area contributed by atoms with E-state index < -0.39 is 15.2 Å². The lowest BCUT2D eigenvalue weighted by atomic mass is 10.1. The second kappa shape index (κ2) is 6.29. The molecule has 1 unspecified atom stereocenters. The van der Waals surface area contributed by atoms with Gasteiger partial charge in [0.1, 0.15) is 9.84 Å².